The highest BCUT2D eigenvalue weighted by molar-refractivity contribution is 5.88. The molecule has 1 aliphatic rings. The van der Waals surface area contributed by atoms with Crippen molar-refractivity contribution in [2.45, 2.75) is 12.8 Å². The van der Waals surface area contributed by atoms with E-state index in [1.807, 2.05) is 36.4 Å². The Morgan fingerprint density at radius 3 is 2.44 bits per heavy atom. The number of hydrogen-bond donors (Lipinski definition) is 0. The van der Waals surface area contributed by atoms with Gasteiger partial charge in [-0.3, -0.25) is 9.59 Å². The summed E-state index contributed by atoms with van der Waals surface area (Å²) >= 11 is 0. The number of carbonyl (C=O) groups excluding carboxylic acids is 2. The number of ketones is 1. The molecule has 1 fully saturated rings. The highest BCUT2D eigenvalue weighted by Gasteiger charge is 2.54. The molecule has 0 spiro atoms. The molecule has 3 heteroatoms. The summed E-state index contributed by atoms with van der Waals surface area (Å²) in [4.78, 5) is 22.6. The van der Waals surface area contributed by atoms with Gasteiger partial charge in [-0.2, -0.15) is 0 Å². The Bertz CT molecular complexity index is 476. The van der Waals surface area contributed by atoms with Crippen molar-refractivity contribution < 1.29 is 14.3 Å². The van der Waals surface area contributed by atoms with Crippen molar-refractivity contribution in [1.82, 2.24) is 0 Å². The molecule has 0 radical (unpaired) electrons. The van der Waals surface area contributed by atoms with E-state index in [1.165, 1.54) is 20.1 Å². The minimum atomic E-state index is -0.206. The van der Waals surface area contributed by atoms with E-state index in [1.54, 1.807) is 0 Å². The number of methoxy groups -OCH3 is 1. The predicted octanol–water partition coefficient (Wildman–Crippen LogP) is 2.33. The second kappa shape index (κ2) is 5.17. The first-order valence-electron chi connectivity index (χ1n) is 5.96. The molecule has 0 N–H and O–H groups in total. The van der Waals surface area contributed by atoms with Crippen molar-refractivity contribution in [3.63, 3.8) is 0 Å². The van der Waals surface area contributed by atoms with Crippen LogP contribution in [0.3, 0.4) is 0 Å². The molecule has 2 rings (SSSR count). The molecule has 3 nitrogen and oxygen atoms in total. The van der Waals surface area contributed by atoms with Gasteiger partial charge in [0.1, 0.15) is 0 Å². The van der Waals surface area contributed by atoms with Crippen LogP contribution in [0.15, 0.2) is 42.5 Å². The van der Waals surface area contributed by atoms with Gasteiger partial charge in [0.25, 0.3) is 0 Å². The third kappa shape index (κ3) is 2.50. The van der Waals surface area contributed by atoms with Gasteiger partial charge in [0, 0.05) is 5.92 Å². The summed E-state index contributed by atoms with van der Waals surface area (Å²) in [5.41, 5.74) is 1.12. The molecule has 0 unspecified atom stereocenters. The van der Waals surface area contributed by atoms with Crippen LogP contribution >= 0.6 is 0 Å². The number of allylic oxidation sites excluding steroid dienone is 2. The minimum Gasteiger partial charge on any atom is -0.469 e. The summed E-state index contributed by atoms with van der Waals surface area (Å²) in [6.45, 7) is 1.50. The fourth-order valence-corrected chi connectivity index (χ4v) is 2.37. The molecular formula is C15H16O3. The van der Waals surface area contributed by atoms with E-state index >= 15 is 0 Å². The Hall–Kier alpha value is -1.90. The molecule has 18 heavy (non-hydrogen) atoms. The van der Waals surface area contributed by atoms with Gasteiger partial charge in [-0.15, -0.1) is 0 Å². The molecule has 0 amide bonds. The van der Waals surface area contributed by atoms with Crippen molar-refractivity contribution in [2.75, 3.05) is 7.11 Å². The predicted molar refractivity (Wildman–Crippen MR) is 68.0 cm³/mol. The molecule has 0 saturated heterocycles. The van der Waals surface area contributed by atoms with Crippen LogP contribution in [0.2, 0.25) is 0 Å². The van der Waals surface area contributed by atoms with Crippen molar-refractivity contribution in [2.24, 2.45) is 11.8 Å². The topological polar surface area (TPSA) is 43.4 Å². The lowest BCUT2D eigenvalue weighted by atomic mass is 10.1. The molecule has 0 bridgehead atoms. The highest BCUT2D eigenvalue weighted by atomic mass is 16.5. The van der Waals surface area contributed by atoms with E-state index in [0.717, 1.165) is 5.56 Å². The average Bonchev–Trinajstić information content (AvgIpc) is 3.10. The van der Waals surface area contributed by atoms with E-state index in [-0.39, 0.29) is 29.5 Å². The van der Waals surface area contributed by atoms with Crippen LogP contribution in [0.4, 0.5) is 0 Å². The highest BCUT2D eigenvalue weighted by Crippen LogP contribution is 2.55. The first kappa shape index (κ1) is 12.6. The lowest BCUT2D eigenvalue weighted by Crippen LogP contribution is -2.05. The maximum absolute atomic E-state index is 11.7. The third-order valence-electron chi connectivity index (χ3n) is 3.29. The van der Waals surface area contributed by atoms with Crippen LogP contribution in [0, 0.1) is 11.8 Å². The van der Waals surface area contributed by atoms with Gasteiger partial charge in [-0.05, 0) is 24.5 Å². The SMILES string of the molecule is COC(=O)[C@@H]1[C@@H](/C=C/C(C)=O)[C@H]1c1ccccc1. The lowest BCUT2D eigenvalue weighted by molar-refractivity contribution is -0.142. The normalized spacial score (nSPS) is 26.0. The summed E-state index contributed by atoms with van der Waals surface area (Å²) < 4.78 is 4.81. The smallest absolute Gasteiger partial charge is 0.309 e. The summed E-state index contributed by atoms with van der Waals surface area (Å²) in [6.07, 6.45) is 3.35. The first-order valence-corrected chi connectivity index (χ1v) is 5.96. The van der Waals surface area contributed by atoms with Crippen LogP contribution in [0.1, 0.15) is 18.4 Å². The standard InChI is InChI=1S/C15H16O3/c1-10(16)8-9-12-13(14(12)15(17)18-2)11-6-4-3-5-7-11/h3-9,12-14H,1-2H3/b9-8+/t12-,13+,14+/m0/s1. The van der Waals surface area contributed by atoms with Crippen LogP contribution < -0.4 is 0 Å². The van der Waals surface area contributed by atoms with E-state index in [0.29, 0.717) is 0 Å². The summed E-state index contributed by atoms with van der Waals surface area (Å²) in [6, 6.07) is 9.85. The van der Waals surface area contributed by atoms with Gasteiger partial charge in [-0.1, -0.05) is 36.4 Å². The van der Waals surface area contributed by atoms with Crippen molar-refractivity contribution in [3.05, 3.63) is 48.0 Å². The molecule has 1 aromatic carbocycles. The number of carbonyl (C=O) groups is 2. The fraction of sp³-hybridized carbons (Fsp3) is 0.333. The monoisotopic (exact) mass is 244 g/mol. The molecule has 3 atom stereocenters. The summed E-state index contributed by atoms with van der Waals surface area (Å²) in [7, 11) is 1.40. The van der Waals surface area contributed by atoms with Gasteiger partial charge < -0.3 is 4.74 Å². The van der Waals surface area contributed by atoms with Gasteiger partial charge in [0.2, 0.25) is 0 Å². The van der Waals surface area contributed by atoms with Crippen LogP contribution in [0.5, 0.6) is 0 Å². The van der Waals surface area contributed by atoms with E-state index in [9.17, 15) is 9.59 Å². The van der Waals surface area contributed by atoms with Crippen LogP contribution in [-0.4, -0.2) is 18.9 Å². The molecule has 0 aliphatic heterocycles. The number of benzene rings is 1. The fourth-order valence-electron chi connectivity index (χ4n) is 2.37. The molecular weight excluding hydrogens is 228 g/mol. The van der Waals surface area contributed by atoms with E-state index < -0.39 is 0 Å². The summed E-state index contributed by atoms with van der Waals surface area (Å²) in [5, 5.41) is 0. The van der Waals surface area contributed by atoms with Gasteiger partial charge in [0.05, 0.1) is 13.0 Å². The Balaban J connectivity index is 2.18. The van der Waals surface area contributed by atoms with Crippen molar-refractivity contribution in [3.8, 4) is 0 Å². The van der Waals surface area contributed by atoms with E-state index in [2.05, 4.69) is 0 Å². The maximum Gasteiger partial charge on any atom is 0.309 e. The number of ether oxygens (including phenoxy) is 1. The molecule has 1 aromatic rings. The molecule has 1 aliphatic carbocycles. The zero-order valence-electron chi connectivity index (χ0n) is 10.5. The third-order valence-corrected chi connectivity index (χ3v) is 3.29. The van der Waals surface area contributed by atoms with Gasteiger partial charge in [-0.25, -0.2) is 0 Å². The van der Waals surface area contributed by atoms with E-state index in [4.69, 9.17) is 4.74 Å². The first-order chi connectivity index (χ1) is 8.65. The van der Waals surface area contributed by atoms with Crippen LogP contribution in [0.25, 0.3) is 0 Å². The zero-order chi connectivity index (χ0) is 13.1. The average molecular weight is 244 g/mol. The van der Waals surface area contributed by atoms with Crippen molar-refractivity contribution >= 4 is 11.8 Å². The number of rotatable bonds is 4. The van der Waals surface area contributed by atoms with Crippen LogP contribution in [-0.2, 0) is 14.3 Å². The van der Waals surface area contributed by atoms with Gasteiger partial charge >= 0.3 is 5.97 Å². The molecule has 94 valence electrons. The zero-order valence-corrected chi connectivity index (χ0v) is 10.5. The Morgan fingerprint density at radius 2 is 1.89 bits per heavy atom. The number of hydrogen-bond acceptors (Lipinski definition) is 3. The Labute approximate surface area is 106 Å². The quantitative estimate of drug-likeness (QED) is 0.603. The molecule has 0 heterocycles. The lowest BCUT2D eigenvalue weighted by Gasteiger charge is -1.98. The second-order valence-corrected chi connectivity index (χ2v) is 4.53. The summed E-state index contributed by atoms with van der Waals surface area (Å²) in [5.74, 6) is -0.162. The largest absolute Gasteiger partial charge is 0.469 e. The minimum absolute atomic E-state index is 0.00247. The van der Waals surface area contributed by atoms with Gasteiger partial charge in [0.15, 0.2) is 5.78 Å². The Morgan fingerprint density at radius 1 is 1.22 bits per heavy atom. The second-order valence-electron chi connectivity index (χ2n) is 4.53. The van der Waals surface area contributed by atoms with Crippen molar-refractivity contribution in [1.29, 1.82) is 0 Å². The Kier molecular flexibility index (Phi) is 3.60. The molecule has 0 aromatic heterocycles. The maximum atomic E-state index is 11.7. The number of esters is 1. The molecule has 1 saturated carbocycles.